The van der Waals surface area contributed by atoms with Crippen LogP contribution in [0.25, 0.3) is 0 Å². The molecule has 0 spiro atoms. The van der Waals surface area contributed by atoms with Gasteiger partial charge in [0.25, 0.3) is 10.1 Å². The lowest BCUT2D eigenvalue weighted by molar-refractivity contribution is -0.146. The van der Waals surface area contributed by atoms with E-state index in [2.05, 4.69) is 4.18 Å². The molecule has 0 saturated carbocycles. The lowest BCUT2D eigenvalue weighted by atomic mass is 10.2. The molecular weight excluding hydrogens is 252 g/mol. The lowest BCUT2D eigenvalue weighted by Gasteiger charge is -2.10. The van der Waals surface area contributed by atoms with Gasteiger partial charge in [-0.15, -0.1) is 11.6 Å². The highest BCUT2D eigenvalue weighted by Gasteiger charge is 2.25. The number of hydrogen-bond acceptors (Lipinski definition) is 5. The smallest absolute Gasteiger partial charge is 0.334 e. The predicted octanol–water partition coefficient (Wildman–Crippen LogP) is -0.153. The Labute approximate surface area is 90.7 Å². The van der Waals surface area contributed by atoms with Crippen molar-refractivity contribution in [1.29, 1.82) is 0 Å². The van der Waals surface area contributed by atoms with Gasteiger partial charge in [-0.1, -0.05) is 0 Å². The van der Waals surface area contributed by atoms with Crippen LogP contribution in [0.3, 0.4) is 0 Å². The largest absolute Gasteiger partial charge is 0.481 e. The second kappa shape index (κ2) is 5.89. The Morgan fingerprint density at radius 2 is 1.87 bits per heavy atom. The summed E-state index contributed by atoms with van der Waals surface area (Å²) < 4.78 is 25.8. The first-order valence-electron chi connectivity index (χ1n) is 3.70. The molecule has 9 heteroatoms. The number of alkyl halides is 1. The molecule has 2 N–H and O–H groups in total. The number of rotatable bonds is 7. The van der Waals surface area contributed by atoms with Crippen LogP contribution in [0.15, 0.2) is 0 Å². The van der Waals surface area contributed by atoms with Crippen molar-refractivity contribution >= 4 is 33.7 Å². The molecule has 0 bridgehead atoms. The summed E-state index contributed by atoms with van der Waals surface area (Å²) in [5.41, 5.74) is 0. The monoisotopic (exact) mass is 260 g/mol. The molecule has 0 radical (unpaired) electrons. The van der Waals surface area contributed by atoms with E-state index >= 15 is 0 Å². The maximum absolute atomic E-state index is 10.8. The average molecular weight is 261 g/mol. The third kappa shape index (κ3) is 6.26. The molecule has 0 aromatic rings. The number of carbonyl (C=O) groups is 2. The molecule has 1 atom stereocenters. The van der Waals surface area contributed by atoms with Crippen molar-refractivity contribution in [2.45, 2.75) is 18.9 Å². The molecule has 0 saturated heterocycles. The van der Waals surface area contributed by atoms with Crippen LogP contribution in [0.1, 0.15) is 12.8 Å². The number of aliphatic carboxylic acids is 2. The normalized spacial score (nSPS) is 13.4. The first-order chi connectivity index (χ1) is 6.78. The van der Waals surface area contributed by atoms with Gasteiger partial charge in [0.05, 0.1) is 0 Å². The summed E-state index contributed by atoms with van der Waals surface area (Å²) in [5.74, 6) is -2.79. The van der Waals surface area contributed by atoms with Gasteiger partial charge in [0.1, 0.15) is 5.21 Å². The molecule has 0 rings (SSSR count). The van der Waals surface area contributed by atoms with Crippen molar-refractivity contribution in [3.05, 3.63) is 0 Å². The van der Waals surface area contributed by atoms with Crippen molar-refractivity contribution in [2.75, 3.05) is 5.21 Å². The van der Waals surface area contributed by atoms with E-state index in [1.165, 1.54) is 0 Å². The number of carboxylic acids is 2. The molecule has 0 aliphatic heterocycles. The van der Waals surface area contributed by atoms with Crippen molar-refractivity contribution < 1.29 is 32.4 Å². The van der Waals surface area contributed by atoms with E-state index in [0.29, 0.717) is 0 Å². The Morgan fingerprint density at radius 1 is 1.33 bits per heavy atom. The van der Waals surface area contributed by atoms with E-state index in [4.69, 9.17) is 21.8 Å². The van der Waals surface area contributed by atoms with Gasteiger partial charge >= 0.3 is 11.9 Å². The molecule has 7 nitrogen and oxygen atoms in total. The quantitative estimate of drug-likeness (QED) is 0.482. The number of carboxylic acid groups (broad SMARTS) is 2. The van der Waals surface area contributed by atoms with Crippen LogP contribution >= 0.6 is 11.6 Å². The summed E-state index contributed by atoms with van der Waals surface area (Å²) in [6.07, 6.45) is -2.67. The zero-order valence-corrected chi connectivity index (χ0v) is 8.99. The standard InChI is InChI=1S/C6H9ClO7S/c7-3-15(12,13)14-4(6(10)11)1-2-5(8)9/h4H,1-3H2,(H,8,9)(H,10,11). The number of hydrogen-bond donors (Lipinski definition) is 2. The topological polar surface area (TPSA) is 118 Å². The highest BCUT2D eigenvalue weighted by atomic mass is 35.5. The Bertz CT molecular complexity index is 335. The molecule has 1 unspecified atom stereocenters. The summed E-state index contributed by atoms with van der Waals surface area (Å²) in [6.45, 7) is 0. The second-order valence-electron chi connectivity index (χ2n) is 2.52. The minimum absolute atomic E-state index is 0.444. The maximum Gasteiger partial charge on any atom is 0.334 e. The van der Waals surface area contributed by atoms with Gasteiger partial charge in [-0.2, -0.15) is 8.42 Å². The Kier molecular flexibility index (Phi) is 5.55. The van der Waals surface area contributed by atoms with Crippen LogP contribution < -0.4 is 0 Å². The van der Waals surface area contributed by atoms with Gasteiger partial charge < -0.3 is 10.2 Å². The van der Waals surface area contributed by atoms with Gasteiger partial charge in [0.2, 0.25) is 0 Å². The van der Waals surface area contributed by atoms with Crippen molar-refractivity contribution in [3.8, 4) is 0 Å². The molecule has 0 aromatic heterocycles. The van der Waals surface area contributed by atoms with Gasteiger partial charge in [-0.25, -0.2) is 4.79 Å². The average Bonchev–Trinajstić information content (AvgIpc) is 2.11. The van der Waals surface area contributed by atoms with E-state index in [9.17, 15) is 18.0 Å². The van der Waals surface area contributed by atoms with Gasteiger partial charge in [0.15, 0.2) is 6.10 Å². The van der Waals surface area contributed by atoms with E-state index in [1.807, 2.05) is 0 Å². The fourth-order valence-electron chi connectivity index (χ4n) is 0.670. The first-order valence-corrected chi connectivity index (χ1v) is 5.81. The second-order valence-corrected chi connectivity index (χ2v) is 4.70. The van der Waals surface area contributed by atoms with Crippen molar-refractivity contribution in [3.63, 3.8) is 0 Å². The van der Waals surface area contributed by atoms with E-state index in [1.54, 1.807) is 0 Å². The minimum atomic E-state index is -4.12. The Balaban J connectivity index is 4.42. The highest BCUT2D eigenvalue weighted by Crippen LogP contribution is 2.08. The maximum atomic E-state index is 10.8. The molecule has 0 amide bonds. The first kappa shape index (κ1) is 14.1. The van der Waals surface area contributed by atoms with E-state index < -0.39 is 46.2 Å². The fourth-order valence-corrected chi connectivity index (χ4v) is 1.41. The van der Waals surface area contributed by atoms with Crippen LogP contribution in [0.4, 0.5) is 0 Å². The van der Waals surface area contributed by atoms with E-state index in [-0.39, 0.29) is 0 Å². The Hall–Kier alpha value is -0.860. The van der Waals surface area contributed by atoms with Crippen molar-refractivity contribution in [1.82, 2.24) is 0 Å². The third-order valence-corrected chi connectivity index (χ3v) is 2.89. The number of halogens is 1. The summed E-state index contributed by atoms with van der Waals surface area (Å²) in [4.78, 5) is 20.6. The van der Waals surface area contributed by atoms with Crippen LogP contribution in [-0.4, -0.2) is 41.9 Å². The summed E-state index contributed by atoms with van der Waals surface area (Å²) in [5, 5.41) is 15.9. The molecule has 15 heavy (non-hydrogen) atoms. The molecule has 0 aromatic carbocycles. The third-order valence-electron chi connectivity index (χ3n) is 1.29. The molecule has 0 heterocycles. The summed E-state index contributed by atoms with van der Waals surface area (Å²) >= 11 is 4.98. The lowest BCUT2D eigenvalue weighted by Crippen LogP contribution is -2.28. The zero-order valence-electron chi connectivity index (χ0n) is 7.42. The molecule has 88 valence electrons. The van der Waals surface area contributed by atoms with E-state index in [0.717, 1.165) is 0 Å². The SMILES string of the molecule is O=C(O)CCC(OS(=O)(=O)CCl)C(=O)O. The van der Waals surface area contributed by atoms with Crippen molar-refractivity contribution in [2.24, 2.45) is 0 Å². The van der Waals surface area contributed by atoms with Gasteiger partial charge in [-0.05, 0) is 6.42 Å². The molecule has 0 aliphatic carbocycles. The highest BCUT2D eigenvalue weighted by molar-refractivity contribution is 7.87. The van der Waals surface area contributed by atoms with Gasteiger partial charge in [-0.3, -0.25) is 8.98 Å². The van der Waals surface area contributed by atoms with Crippen LogP contribution in [0, 0.1) is 0 Å². The van der Waals surface area contributed by atoms with Gasteiger partial charge in [0, 0.05) is 6.42 Å². The van der Waals surface area contributed by atoms with Crippen LogP contribution in [0.2, 0.25) is 0 Å². The summed E-state index contributed by atoms with van der Waals surface area (Å²) in [6, 6.07) is 0. The molecular formula is C6H9ClO7S. The molecule has 0 fully saturated rings. The Morgan fingerprint density at radius 3 is 2.20 bits per heavy atom. The van der Waals surface area contributed by atoms with Crippen LogP contribution in [0.5, 0.6) is 0 Å². The summed E-state index contributed by atoms with van der Waals surface area (Å²) in [7, 11) is -4.12. The fraction of sp³-hybridized carbons (Fsp3) is 0.667. The zero-order chi connectivity index (χ0) is 12.1. The predicted molar refractivity (Wildman–Crippen MR) is 49.0 cm³/mol. The minimum Gasteiger partial charge on any atom is -0.481 e. The molecule has 0 aliphatic rings. The van der Waals surface area contributed by atoms with Crippen LogP contribution in [-0.2, 0) is 23.9 Å².